The van der Waals surface area contributed by atoms with E-state index in [1.807, 2.05) is 6.07 Å². The SMILES string of the molecule is O=C(c1cc(N2CCC(c3[nH]nc4ncccc34)CC2)nc(OC[C@H]2CCCO2)n1)N1CC(O)C1. The second-order valence-electron chi connectivity index (χ2n) is 9.48. The molecule has 11 heteroatoms. The number of nitrogens with zero attached hydrogens (tertiary/aromatic N) is 6. The minimum atomic E-state index is -0.469. The number of hydrogen-bond donors (Lipinski definition) is 2. The van der Waals surface area contributed by atoms with E-state index in [0.29, 0.717) is 31.4 Å². The molecule has 35 heavy (non-hydrogen) atoms. The number of pyridine rings is 1. The van der Waals surface area contributed by atoms with Crippen molar-refractivity contribution in [1.29, 1.82) is 0 Å². The Morgan fingerprint density at radius 2 is 2.09 bits per heavy atom. The van der Waals surface area contributed by atoms with Gasteiger partial charge in [-0.1, -0.05) is 0 Å². The van der Waals surface area contributed by atoms with Crippen LogP contribution in [0.3, 0.4) is 0 Å². The zero-order valence-electron chi connectivity index (χ0n) is 19.5. The highest BCUT2D eigenvalue weighted by atomic mass is 16.5. The van der Waals surface area contributed by atoms with Gasteiger partial charge in [-0.2, -0.15) is 15.1 Å². The molecule has 0 bridgehead atoms. The van der Waals surface area contributed by atoms with Crippen LogP contribution >= 0.6 is 0 Å². The van der Waals surface area contributed by atoms with E-state index in [-0.39, 0.29) is 23.7 Å². The molecule has 1 amide bonds. The number of fused-ring (bicyclic) bond motifs is 1. The van der Waals surface area contributed by atoms with Crippen LogP contribution in [0.15, 0.2) is 24.4 Å². The lowest BCUT2D eigenvalue weighted by molar-refractivity contribution is 0.00539. The van der Waals surface area contributed by atoms with Crippen molar-refractivity contribution < 1.29 is 19.4 Å². The van der Waals surface area contributed by atoms with Crippen molar-refractivity contribution in [2.45, 2.75) is 43.8 Å². The van der Waals surface area contributed by atoms with Gasteiger partial charge in [-0.25, -0.2) is 4.98 Å². The van der Waals surface area contributed by atoms with Crippen molar-refractivity contribution in [3.8, 4) is 6.01 Å². The number of anilines is 1. The smallest absolute Gasteiger partial charge is 0.319 e. The average molecular weight is 480 g/mol. The van der Waals surface area contributed by atoms with Crippen molar-refractivity contribution in [3.63, 3.8) is 0 Å². The van der Waals surface area contributed by atoms with Gasteiger partial charge in [-0.15, -0.1) is 0 Å². The van der Waals surface area contributed by atoms with Crippen molar-refractivity contribution in [3.05, 3.63) is 35.8 Å². The van der Waals surface area contributed by atoms with Gasteiger partial charge >= 0.3 is 6.01 Å². The van der Waals surface area contributed by atoms with Crippen molar-refractivity contribution in [1.82, 2.24) is 30.0 Å². The zero-order valence-corrected chi connectivity index (χ0v) is 19.5. The molecule has 3 aliphatic rings. The third-order valence-corrected chi connectivity index (χ3v) is 7.07. The minimum absolute atomic E-state index is 0.0291. The summed E-state index contributed by atoms with van der Waals surface area (Å²) < 4.78 is 11.5. The number of aromatic amines is 1. The lowest BCUT2D eigenvalue weighted by atomic mass is 9.92. The molecule has 0 unspecified atom stereocenters. The number of aliphatic hydroxyl groups is 1. The second-order valence-corrected chi connectivity index (χ2v) is 9.48. The van der Waals surface area contributed by atoms with Crippen LogP contribution in [-0.2, 0) is 4.74 Å². The largest absolute Gasteiger partial charge is 0.461 e. The molecule has 6 heterocycles. The molecule has 184 valence electrons. The summed E-state index contributed by atoms with van der Waals surface area (Å²) in [6, 6.07) is 5.92. The Balaban J connectivity index is 1.19. The van der Waals surface area contributed by atoms with Crippen LogP contribution in [0.1, 0.15) is 47.8 Å². The molecule has 6 rings (SSSR count). The number of likely N-dealkylation sites (tertiary alicyclic amines) is 1. The number of rotatable bonds is 6. The number of H-pyrrole nitrogens is 1. The molecule has 0 radical (unpaired) electrons. The molecule has 11 nitrogen and oxygen atoms in total. The summed E-state index contributed by atoms with van der Waals surface area (Å²) in [5, 5.41) is 18.2. The van der Waals surface area contributed by atoms with E-state index in [9.17, 15) is 9.90 Å². The summed E-state index contributed by atoms with van der Waals surface area (Å²) in [6.07, 6.45) is 5.12. The van der Waals surface area contributed by atoms with E-state index >= 15 is 0 Å². The molecule has 0 spiro atoms. The fraction of sp³-hybridized carbons (Fsp3) is 0.542. The van der Waals surface area contributed by atoms with Gasteiger partial charge < -0.3 is 24.4 Å². The topological polar surface area (TPSA) is 130 Å². The number of aromatic nitrogens is 5. The molecule has 3 fully saturated rings. The first-order chi connectivity index (χ1) is 17.1. The Morgan fingerprint density at radius 3 is 2.86 bits per heavy atom. The third kappa shape index (κ3) is 4.53. The molecule has 3 saturated heterocycles. The Morgan fingerprint density at radius 1 is 1.23 bits per heavy atom. The zero-order chi connectivity index (χ0) is 23.8. The summed E-state index contributed by atoms with van der Waals surface area (Å²) in [4.78, 5) is 30.1. The number of amides is 1. The summed E-state index contributed by atoms with van der Waals surface area (Å²) in [5.41, 5.74) is 2.16. The van der Waals surface area contributed by atoms with E-state index < -0.39 is 6.10 Å². The second kappa shape index (κ2) is 9.38. The molecule has 0 saturated carbocycles. The maximum absolute atomic E-state index is 13.0. The predicted octanol–water partition coefficient (Wildman–Crippen LogP) is 1.51. The van der Waals surface area contributed by atoms with Crippen LogP contribution in [0.5, 0.6) is 6.01 Å². The number of carbonyl (C=O) groups is 1. The van der Waals surface area contributed by atoms with Crippen LogP contribution < -0.4 is 9.64 Å². The molecule has 2 N–H and O–H groups in total. The maximum Gasteiger partial charge on any atom is 0.319 e. The van der Waals surface area contributed by atoms with E-state index in [2.05, 4.69) is 36.1 Å². The third-order valence-electron chi connectivity index (χ3n) is 7.07. The van der Waals surface area contributed by atoms with Gasteiger partial charge in [0.15, 0.2) is 5.65 Å². The van der Waals surface area contributed by atoms with Gasteiger partial charge in [0.25, 0.3) is 5.91 Å². The fourth-order valence-electron chi connectivity index (χ4n) is 5.05. The summed E-state index contributed by atoms with van der Waals surface area (Å²) in [6.45, 7) is 3.31. The van der Waals surface area contributed by atoms with Gasteiger partial charge in [0, 0.05) is 62.0 Å². The first-order valence-electron chi connectivity index (χ1n) is 12.3. The maximum atomic E-state index is 13.0. The van der Waals surface area contributed by atoms with E-state index in [0.717, 1.165) is 62.1 Å². The summed E-state index contributed by atoms with van der Waals surface area (Å²) in [7, 11) is 0. The molecular weight excluding hydrogens is 450 g/mol. The van der Waals surface area contributed by atoms with E-state index in [1.54, 1.807) is 17.2 Å². The van der Waals surface area contributed by atoms with Crippen LogP contribution in [0.25, 0.3) is 11.0 Å². The van der Waals surface area contributed by atoms with Crippen LogP contribution in [-0.4, -0.2) is 92.7 Å². The van der Waals surface area contributed by atoms with Crippen molar-refractivity contribution >= 4 is 22.8 Å². The normalized spacial score (nSPS) is 21.5. The Kier molecular flexibility index (Phi) is 5.95. The number of hydrogen-bond acceptors (Lipinski definition) is 9. The van der Waals surface area contributed by atoms with Gasteiger partial charge in [0.05, 0.1) is 12.2 Å². The minimum Gasteiger partial charge on any atom is -0.461 e. The quantitative estimate of drug-likeness (QED) is 0.540. The highest BCUT2D eigenvalue weighted by Gasteiger charge is 2.32. The predicted molar refractivity (Wildman–Crippen MR) is 126 cm³/mol. The average Bonchev–Trinajstić information content (AvgIpc) is 3.55. The van der Waals surface area contributed by atoms with Crippen LogP contribution in [0, 0.1) is 0 Å². The first-order valence-corrected chi connectivity index (χ1v) is 12.3. The molecule has 3 aliphatic heterocycles. The number of nitrogens with one attached hydrogen (secondary N) is 1. The van der Waals surface area contributed by atoms with E-state index in [4.69, 9.17) is 9.47 Å². The highest BCUT2D eigenvalue weighted by molar-refractivity contribution is 5.93. The number of β-amino-alcohol motifs (C(OH)–C–C–N with tert-alkyl or cyclic N) is 1. The van der Waals surface area contributed by atoms with Crippen LogP contribution in [0.2, 0.25) is 0 Å². The standard InChI is InChI=1S/C24H29N7O4/c32-16-12-31(13-16)23(33)19-11-20(27-24(26-19)35-14-17-3-2-10-34-17)30-8-5-15(6-9-30)21-18-4-1-7-25-22(18)29-28-21/h1,4,7,11,15-17,32H,2-3,5-6,8-10,12-14H2,(H,25,28,29)/t17-/m1/s1. The number of ether oxygens (including phenoxy) is 2. The van der Waals surface area contributed by atoms with Gasteiger partial charge in [-0.05, 0) is 37.8 Å². The highest BCUT2D eigenvalue weighted by Crippen LogP contribution is 2.33. The molecule has 0 aliphatic carbocycles. The Hall–Kier alpha value is -3.31. The molecule has 3 aromatic rings. The number of piperidine rings is 1. The molecule has 0 aromatic carbocycles. The molecule has 1 atom stereocenters. The van der Waals surface area contributed by atoms with E-state index in [1.165, 1.54) is 0 Å². The van der Waals surface area contributed by atoms with Gasteiger partial charge in [0.2, 0.25) is 0 Å². The molecular formula is C24H29N7O4. The Labute approximate surface area is 202 Å². The van der Waals surface area contributed by atoms with Crippen molar-refractivity contribution in [2.75, 3.05) is 44.3 Å². The monoisotopic (exact) mass is 479 g/mol. The summed E-state index contributed by atoms with van der Waals surface area (Å²) in [5.74, 6) is 0.815. The number of aliphatic hydroxyl groups excluding tert-OH is 1. The first kappa shape index (κ1) is 22.2. The van der Waals surface area contributed by atoms with Gasteiger partial charge in [0.1, 0.15) is 18.1 Å². The fourth-order valence-corrected chi connectivity index (χ4v) is 5.05. The molecule has 3 aromatic heterocycles. The lowest BCUT2D eigenvalue weighted by Crippen LogP contribution is -2.53. The van der Waals surface area contributed by atoms with Crippen LogP contribution in [0.4, 0.5) is 5.82 Å². The number of carbonyl (C=O) groups excluding carboxylic acids is 1. The summed E-state index contributed by atoms with van der Waals surface area (Å²) >= 11 is 0. The Bertz CT molecular complexity index is 1200. The van der Waals surface area contributed by atoms with Gasteiger partial charge in [-0.3, -0.25) is 9.89 Å². The lowest BCUT2D eigenvalue weighted by Gasteiger charge is -2.36. The van der Waals surface area contributed by atoms with Crippen molar-refractivity contribution in [2.24, 2.45) is 0 Å².